The van der Waals surface area contributed by atoms with Crippen LogP contribution in [0.5, 0.6) is 0 Å². The second kappa shape index (κ2) is 3.32. The van der Waals surface area contributed by atoms with E-state index in [-0.39, 0.29) is 0 Å². The van der Waals surface area contributed by atoms with E-state index in [2.05, 4.69) is 28.8 Å². The highest BCUT2D eigenvalue weighted by molar-refractivity contribution is 4.86. The maximum Gasteiger partial charge on any atom is 0.0351 e. The second-order valence-electron chi connectivity index (χ2n) is 4.21. The van der Waals surface area contributed by atoms with Crippen molar-refractivity contribution < 1.29 is 0 Å². The van der Waals surface area contributed by atoms with Crippen molar-refractivity contribution in [2.45, 2.75) is 6.04 Å². The molecule has 0 aromatic rings. The summed E-state index contributed by atoms with van der Waals surface area (Å²) in [4.78, 5) is 7.53. The average molecular weight is 169 g/mol. The van der Waals surface area contributed by atoms with Crippen LogP contribution in [0.1, 0.15) is 0 Å². The minimum absolute atomic E-state index is 0.794. The van der Waals surface area contributed by atoms with Crippen LogP contribution >= 0.6 is 0 Å². The van der Waals surface area contributed by atoms with Crippen LogP contribution in [-0.2, 0) is 0 Å². The highest BCUT2D eigenvalue weighted by atomic mass is 15.3. The molecule has 0 spiro atoms. The summed E-state index contributed by atoms with van der Waals surface area (Å²) in [5.74, 6) is 0. The fourth-order valence-electron chi connectivity index (χ4n) is 2.27. The highest BCUT2D eigenvalue weighted by Crippen LogP contribution is 2.12. The van der Waals surface area contributed by atoms with Gasteiger partial charge >= 0.3 is 0 Å². The van der Waals surface area contributed by atoms with Gasteiger partial charge in [0.2, 0.25) is 0 Å². The summed E-state index contributed by atoms with van der Waals surface area (Å²) in [6.07, 6.45) is 0. The zero-order chi connectivity index (χ0) is 8.55. The Morgan fingerprint density at radius 3 is 1.83 bits per heavy atom. The van der Waals surface area contributed by atoms with Gasteiger partial charge in [0.05, 0.1) is 0 Å². The lowest BCUT2D eigenvalue weighted by Crippen LogP contribution is -2.60. The van der Waals surface area contributed by atoms with E-state index >= 15 is 0 Å². The number of hydrogen-bond donors (Lipinski definition) is 0. The van der Waals surface area contributed by atoms with Crippen LogP contribution in [0.15, 0.2) is 0 Å². The van der Waals surface area contributed by atoms with E-state index in [9.17, 15) is 0 Å². The van der Waals surface area contributed by atoms with Gasteiger partial charge in [0, 0.05) is 45.3 Å². The molecule has 0 atom stereocenters. The molecule has 2 fully saturated rings. The summed E-state index contributed by atoms with van der Waals surface area (Å²) in [6.45, 7) is 7.55. The molecule has 2 aliphatic rings. The average Bonchev–Trinajstić information content (AvgIpc) is 2.03. The maximum atomic E-state index is 2.64. The summed E-state index contributed by atoms with van der Waals surface area (Å²) < 4.78 is 0. The molecule has 0 bridgehead atoms. The van der Waals surface area contributed by atoms with E-state index in [1.54, 1.807) is 0 Å². The first-order chi connectivity index (χ1) is 5.75. The molecule has 0 N–H and O–H groups in total. The SMILES string of the molecule is CN1CCN2CCN(C)CC2C1. The third-order valence-electron chi connectivity index (χ3n) is 3.10. The molecule has 3 nitrogen and oxygen atoms in total. The summed E-state index contributed by atoms with van der Waals surface area (Å²) >= 11 is 0. The smallest absolute Gasteiger partial charge is 0.0351 e. The number of rotatable bonds is 0. The second-order valence-corrected chi connectivity index (χ2v) is 4.21. The van der Waals surface area contributed by atoms with Crippen molar-refractivity contribution in [2.24, 2.45) is 0 Å². The minimum Gasteiger partial charge on any atom is -0.303 e. The Balaban J connectivity index is 1.94. The van der Waals surface area contributed by atoms with E-state index in [0.29, 0.717) is 0 Å². The number of likely N-dealkylation sites (N-methyl/N-ethyl adjacent to an activating group) is 2. The summed E-state index contributed by atoms with van der Waals surface area (Å²) in [6, 6.07) is 0.794. The lowest BCUT2D eigenvalue weighted by Gasteiger charge is -2.45. The van der Waals surface area contributed by atoms with Crippen molar-refractivity contribution in [3.63, 3.8) is 0 Å². The highest BCUT2D eigenvalue weighted by Gasteiger charge is 2.28. The Hall–Kier alpha value is -0.120. The van der Waals surface area contributed by atoms with Crippen molar-refractivity contribution in [3.05, 3.63) is 0 Å². The zero-order valence-electron chi connectivity index (χ0n) is 8.16. The van der Waals surface area contributed by atoms with Gasteiger partial charge in [0.1, 0.15) is 0 Å². The molecule has 0 amide bonds. The Labute approximate surface area is 74.9 Å². The lowest BCUT2D eigenvalue weighted by molar-refractivity contribution is 0.0298. The van der Waals surface area contributed by atoms with Crippen LogP contribution in [0.25, 0.3) is 0 Å². The summed E-state index contributed by atoms with van der Waals surface area (Å²) in [7, 11) is 4.46. The molecule has 3 heteroatoms. The quantitative estimate of drug-likeness (QED) is 0.486. The molecule has 2 saturated heterocycles. The Morgan fingerprint density at radius 2 is 1.33 bits per heavy atom. The fraction of sp³-hybridized carbons (Fsp3) is 1.00. The predicted octanol–water partition coefficient (Wildman–Crippen LogP) is -0.452. The number of fused-ring (bicyclic) bond motifs is 1. The first kappa shape index (κ1) is 8.48. The fourth-order valence-corrected chi connectivity index (χ4v) is 2.27. The van der Waals surface area contributed by atoms with E-state index in [1.165, 1.54) is 39.3 Å². The molecular weight excluding hydrogens is 150 g/mol. The van der Waals surface area contributed by atoms with Crippen LogP contribution in [0, 0.1) is 0 Å². The molecule has 2 aliphatic heterocycles. The molecule has 2 heterocycles. The van der Waals surface area contributed by atoms with Crippen LogP contribution in [0.4, 0.5) is 0 Å². The Morgan fingerprint density at radius 1 is 0.833 bits per heavy atom. The van der Waals surface area contributed by atoms with Gasteiger partial charge in [0.15, 0.2) is 0 Å². The van der Waals surface area contributed by atoms with E-state index in [4.69, 9.17) is 0 Å². The molecule has 12 heavy (non-hydrogen) atoms. The van der Waals surface area contributed by atoms with Crippen molar-refractivity contribution in [1.29, 1.82) is 0 Å². The molecule has 70 valence electrons. The predicted molar refractivity (Wildman–Crippen MR) is 50.4 cm³/mol. The van der Waals surface area contributed by atoms with Gasteiger partial charge in [-0.2, -0.15) is 0 Å². The van der Waals surface area contributed by atoms with Gasteiger partial charge in [-0.05, 0) is 14.1 Å². The third-order valence-corrected chi connectivity index (χ3v) is 3.10. The van der Waals surface area contributed by atoms with Crippen LogP contribution in [0.2, 0.25) is 0 Å². The molecule has 0 saturated carbocycles. The van der Waals surface area contributed by atoms with Gasteiger partial charge in [-0.3, -0.25) is 4.90 Å². The van der Waals surface area contributed by atoms with E-state index < -0.39 is 0 Å². The van der Waals surface area contributed by atoms with Crippen molar-refractivity contribution >= 4 is 0 Å². The monoisotopic (exact) mass is 169 g/mol. The largest absolute Gasteiger partial charge is 0.303 e. The van der Waals surface area contributed by atoms with E-state index in [0.717, 1.165) is 6.04 Å². The molecule has 0 aromatic heterocycles. The first-order valence-electron chi connectivity index (χ1n) is 4.87. The lowest BCUT2D eigenvalue weighted by atomic mass is 10.1. The molecule has 2 rings (SSSR count). The van der Waals surface area contributed by atoms with Crippen LogP contribution < -0.4 is 0 Å². The molecule has 0 radical (unpaired) electrons. The van der Waals surface area contributed by atoms with Gasteiger partial charge in [0.25, 0.3) is 0 Å². The maximum absolute atomic E-state index is 2.64. The number of nitrogens with zero attached hydrogens (tertiary/aromatic N) is 3. The Bertz CT molecular complexity index is 144. The van der Waals surface area contributed by atoms with Crippen LogP contribution in [0.3, 0.4) is 0 Å². The summed E-state index contributed by atoms with van der Waals surface area (Å²) in [5, 5.41) is 0. The summed E-state index contributed by atoms with van der Waals surface area (Å²) in [5.41, 5.74) is 0. The third kappa shape index (κ3) is 1.63. The zero-order valence-corrected chi connectivity index (χ0v) is 8.16. The van der Waals surface area contributed by atoms with Gasteiger partial charge in [-0.1, -0.05) is 0 Å². The first-order valence-corrected chi connectivity index (χ1v) is 4.87. The van der Waals surface area contributed by atoms with Gasteiger partial charge in [-0.15, -0.1) is 0 Å². The van der Waals surface area contributed by atoms with Crippen molar-refractivity contribution in [2.75, 3.05) is 53.4 Å². The number of piperazine rings is 2. The van der Waals surface area contributed by atoms with Crippen LogP contribution in [-0.4, -0.2) is 74.1 Å². The molecule has 0 aromatic carbocycles. The standard InChI is InChI=1S/C9H19N3/c1-10-3-5-12-6-4-11(2)8-9(12)7-10/h9H,3-8H2,1-2H3. The minimum atomic E-state index is 0.794. The molecule has 0 unspecified atom stereocenters. The normalized spacial score (nSPS) is 30.5. The van der Waals surface area contributed by atoms with Gasteiger partial charge < -0.3 is 9.80 Å². The molecule has 0 aliphatic carbocycles. The topological polar surface area (TPSA) is 9.72 Å². The van der Waals surface area contributed by atoms with E-state index in [1.807, 2.05) is 0 Å². The van der Waals surface area contributed by atoms with Crippen molar-refractivity contribution in [3.8, 4) is 0 Å². The van der Waals surface area contributed by atoms with Crippen molar-refractivity contribution in [1.82, 2.24) is 14.7 Å². The molecular formula is C9H19N3. The number of hydrogen-bond acceptors (Lipinski definition) is 3. The van der Waals surface area contributed by atoms with Gasteiger partial charge in [-0.25, -0.2) is 0 Å². The Kier molecular flexibility index (Phi) is 2.35.